The molecule has 1 aliphatic rings. The lowest BCUT2D eigenvalue weighted by Gasteiger charge is -2.34. The van der Waals surface area contributed by atoms with Gasteiger partial charge in [-0.3, -0.25) is 14.5 Å². The number of carbonyl (C=O) groups excluding carboxylic acids is 2. The summed E-state index contributed by atoms with van der Waals surface area (Å²) in [5, 5.41) is 0. The minimum atomic E-state index is -0.296. The fraction of sp³-hybridized carbons (Fsp3) is 0.579. The van der Waals surface area contributed by atoms with Gasteiger partial charge in [0.2, 0.25) is 5.91 Å². The molecule has 0 unspecified atom stereocenters. The van der Waals surface area contributed by atoms with Crippen LogP contribution in [0.15, 0.2) is 24.3 Å². The topological polar surface area (TPSA) is 63.4 Å². The molecular weight excluding hydrogens is 288 g/mol. The summed E-state index contributed by atoms with van der Waals surface area (Å²) in [7, 11) is 0. The Balaban J connectivity index is 1.93. The Hall–Kier alpha value is -1.68. The Morgan fingerprint density at radius 2 is 1.70 bits per heavy atom. The molecular formula is C19H28N2O2. The summed E-state index contributed by atoms with van der Waals surface area (Å²) in [6, 6.07) is 7.80. The van der Waals surface area contributed by atoms with Gasteiger partial charge in [0, 0.05) is 11.5 Å². The zero-order chi connectivity index (χ0) is 17.0. The number of hydrogen-bond acceptors (Lipinski definition) is 3. The Morgan fingerprint density at radius 3 is 2.17 bits per heavy atom. The monoisotopic (exact) mass is 316 g/mol. The number of hydrogen-bond donors (Lipinski definition) is 1. The predicted molar refractivity (Wildman–Crippen MR) is 92.3 cm³/mol. The molecule has 1 atom stereocenters. The predicted octanol–water partition coefficient (Wildman–Crippen LogP) is 2.65. The summed E-state index contributed by atoms with van der Waals surface area (Å²) < 4.78 is 0. The number of piperidine rings is 1. The Labute approximate surface area is 139 Å². The summed E-state index contributed by atoms with van der Waals surface area (Å²) in [6.07, 6.45) is 2.63. The van der Waals surface area contributed by atoms with Crippen LogP contribution >= 0.6 is 0 Å². The highest BCUT2D eigenvalue weighted by molar-refractivity contribution is 5.98. The molecule has 4 heteroatoms. The molecule has 1 aromatic rings. The molecule has 1 aliphatic heterocycles. The average Bonchev–Trinajstić information content (AvgIpc) is 2.53. The van der Waals surface area contributed by atoms with Gasteiger partial charge < -0.3 is 5.73 Å². The van der Waals surface area contributed by atoms with E-state index in [1.165, 1.54) is 5.56 Å². The summed E-state index contributed by atoms with van der Waals surface area (Å²) >= 11 is 0. The smallest absolute Gasteiger partial charge is 0.234 e. The first kappa shape index (κ1) is 17.7. The lowest BCUT2D eigenvalue weighted by molar-refractivity contribution is -0.123. The zero-order valence-electron chi connectivity index (χ0n) is 14.4. The van der Waals surface area contributed by atoms with E-state index in [1.807, 2.05) is 19.1 Å². The normalized spacial score (nSPS) is 18.1. The van der Waals surface area contributed by atoms with Crippen molar-refractivity contribution in [2.75, 3.05) is 13.1 Å². The van der Waals surface area contributed by atoms with Gasteiger partial charge in [0.25, 0.3) is 0 Å². The van der Waals surface area contributed by atoms with E-state index in [-0.39, 0.29) is 23.7 Å². The van der Waals surface area contributed by atoms with Crippen molar-refractivity contribution in [1.82, 2.24) is 4.90 Å². The van der Waals surface area contributed by atoms with Gasteiger partial charge in [-0.2, -0.15) is 0 Å². The highest BCUT2D eigenvalue weighted by Gasteiger charge is 2.29. The third kappa shape index (κ3) is 4.64. The maximum Gasteiger partial charge on any atom is 0.234 e. The van der Waals surface area contributed by atoms with Crippen molar-refractivity contribution >= 4 is 11.7 Å². The van der Waals surface area contributed by atoms with Crippen molar-refractivity contribution in [2.45, 2.75) is 46.1 Å². The molecule has 0 aromatic heterocycles. The summed E-state index contributed by atoms with van der Waals surface area (Å²) in [5.74, 6) is 0.610. The van der Waals surface area contributed by atoms with Crippen LogP contribution < -0.4 is 5.73 Å². The second-order valence-corrected chi connectivity index (χ2v) is 7.05. The van der Waals surface area contributed by atoms with Crippen LogP contribution in [0.3, 0.4) is 0 Å². The van der Waals surface area contributed by atoms with E-state index in [0.717, 1.165) is 37.9 Å². The SMILES string of the molecule is CC(C)Cc1ccc(C(=O)C2CCN([C@@H](C)C(N)=O)CC2)cc1. The molecule has 1 amide bonds. The fourth-order valence-corrected chi connectivity index (χ4v) is 3.24. The van der Waals surface area contributed by atoms with E-state index in [2.05, 4.69) is 30.9 Å². The molecule has 2 N–H and O–H groups in total. The number of Topliss-reactive ketones (excluding diaryl/α,β-unsaturated/α-hetero) is 1. The molecule has 1 aromatic carbocycles. The number of amides is 1. The molecule has 0 spiro atoms. The summed E-state index contributed by atoms with van der Waals surface area (Å²) in [4.78, 5) is 26.0. The Morgan fingerprint density at radius 1 is 1.13 bits per heavy atom. The van der Waals surface area contributed by atoms with Crippen molar-refractivity contribution in [2.24, 2.45) is 17.6 Å². The first-order valence-corrected chi connectivity index (χ1v) is 8.55. The minimum absolute atomic E-state index is 0.0577. The molecule has 1 fully saturated rings. The fourth-order valence-electron chi connectivity index (χ4n) is 3.24. The average molecular weight is 316 g/mol. The number of nitrogens with two attached hydrogens (primary N) is 1. The third-order valence-electron chi connectivity index (χ3n) is 4.74. The van der Waals surface area contributed by atoms with Gasteiger partial charge in [-0.1, -0.05) is 38.1 Å². The van der Waals surface area contributed by atoms with Gasteiger partial charge in [-0.05, 0) is 50.8 Å². The molecule has 0 saturated carbocycles. The van der Waals surface area contributed by atoms with Crippen LogP contribution in [-0.4, -0.2) is 35.7 Å². The third-order valence-corrected chi connectivity index (χ3v) is 4.74. The van der Waals surface area contributed by atoms with Gasteiger partial charge in [0.1, 0.15) is 0 Å². The van der Waals surface area contributed by atoms with Gasteiger partial charge >= 0.3 is 0 Å². The zero-order valence-corrected chi connectivity index (χ0v) is 14.4. The summed E-state index contributed by atoms with van der Waals surface area (Å²) in [6.45, 7) is 7.73. The molecule has 0 bridgehead atoms. The van der Waals surface area contributed by atoms with E-state index in [1.54, 1.807) is 0 Å². The number of benzene rings is 1. The minimum Gasteiger partial charge on any atom is -0.368 e. The van der Waals surface area contributed by atoms with Crippen LogP contribution in [0, 0.1) is 11.8 Å². The highest BCUT2D eigenvalue weighted by atomic mass is 16.1. The second kappa shape index (κ2) is 7.73. The molecule has 0 radical (unpaired) electrons. The first-order valence-electron chi connectivity index (χ1n) is 8.55. The first-order chi connectivity index (χ1) is 10.9. The van der Waals surface area contributed by atoms with Crippen molar-refractivity contribution in [3.05, 3.63) is 35.4 Å². The van der Waals surface area contributed by atoms with Gasteiger partial charge in [-0.25, -0.2) is 0 Å². The van der Waals surface area contributed by atoms with E-state index >= 15 is 0 Å². The molecule has 126 valence electrons. The van der Waals surface area contributed by atoms with Crippen LogP contribution in [0.4, 0.5) is 0 Å². The lowest BCUT2D eigenvalue weighted by atomic mass is 9.88. The summed E-state index contributed by atoms with van der Waals surface area (Å²) in [5.41, 5.74) is 7.44. The number of likely N-dealkylation sites (tertiary alicyclic amines) is 1. The molecule has 1 saturated heterocycles. The molecule has 23 heavy (non-hydrogen) atoms. The number of carbonyl (C=O) groups is 2. The van der Waals surface area contributed by atoms with Crippen molar-refractivity contribution < 1.29 is 9.59 Å². The number of rotatable bonds is 6. The van der Waals surface area contributed by atoms with Crippen LogP contribution in [-0.2, 0) is 11.2 Å². The largest absolute Gasteiger partial charge is 0.368 e. The lowest BCUT2D eigenvalue weighted by Crippen LogP contribution is -2.47. The maximum atomic E-state index is 12.6. The van der Waals surface area contributed by atoms with Gasteiger partial charge in [0.15, 0.2) is 5.78 Å². The van der Waals surface area contributed by atoms with Crippen LogP contribution in [0.2, 0.25) is 0 Å². The Kier molecular flexibility index (Phi) is 5.94. The molecule has 0 aliphatic carbocycles. The molecule has 2 rings (SSSR count). The van der Waals surface area contributed by atoms with E-state index < -0.39 is 0 Å². The standard InChI is InChI=1S/C19H28N2O2/c1-13(2)12-15-4-6-16(7-5-15)18(22)17-8-10-21(11-9-17)14(3)19(20)23/h4-7,13-14,17H,8-12H2,1-3H3,(H2,20,23)/t14-/m0/s1. The van der Waals surface area contributed by atoms with Gasteiger partial charge in [0.05, 0.1) is 6.04 Å². The molecule has 4 nitrogen and oxygen atoms in total. The van der Waals surface area contributed by atoms with Crippen LogP contribution in [0.25, 0.3) is 0 Å². The van der Waals surface area contributed by atoms with E-state index in [0.29, 0.717) is 5.92 Å². The second-order valence-electron chi connectivity index (χ2n) is 7.05. The van der Waals surface area contributed by atoms with Crippen molar-refractivity contribution in [1.29, 1.82) is 0 Å². The molecule has 1 heterocycles. The number of ketones is 1. The maximum absolute atomic E-state index is 12.6. The highest BCUT2D eigenvalue weighted by Crippen LogP contribution is 2.23. The van der Waals surface area contributed by atoms with Crippen LogP contribution in [0.5, 0.6) is 0 Å². The Bertz CT molecular complexity index is 543. The van der Waals surface area contributed by atoms with Crippen molar-refractivity contribution in [3.8, 4) is 0 Å². The number of primary amides is 1. The van der Waals surface area contributed by atoms with E-state index in [9.17, 15) is 9.59 Å². The van der Waals surface area contributed by atoms with E-state index in [4.69, 9.17) is 5.73 Å². The number of nitrogens with zero attached hydrogens (tertiary/aromatic N) is 1. The quantitative estimate of drug-likeness (QED) is 0.821. The van der Waals surface area contributed by atoms with Crippen molar-refractivity contribution in [3.63, 3.8) is 0 Å². The van der Waals surface area contributed by atoms with Gasteiger partial charge in [-0.15, -0.1) is 0 Å². The van der Waals surface area contributed by atoms with Crippen LogP contribution in [0.1, 0.15) is 49.5 Å².